The lowest BCUT2D eigenvalue weighted by molar-refractivity contribution is 0.0942. The topological polar surface area (TPSA) is 106 Å². The molecule has 0 radical (unpaired) electrons. The van der Waals surface area contributed by atoms with Gasteiger partial charge in [-0.1, -0.05) is 58.7 Å². The van der Waals surface area contributed by atoms with E-state index in [1.807, 2.05) is 31.3 Å². The summed E-state index contributed by atoms with van der Waals surface area (Å²) in [5.74, 6) is 0.0193. The SMILES string of the molecule is Cc1cc(O)c2c3c(nn2c1)CCC(CC(=O)c1c(Cl)cc(-n2cc(CCO)nn2)cc1Cl)(c1ccccc1)C3. The van der Waals surface area contributed by atoms with Gasteiger partial charge in [0.25, 0.3) is 0 Å². The van der Waals surface area contributed by atoms with Gasteiger partial charge in [0.2, 0.25) is 0 Å². The molecule has 8 nitrogen and oxygen atoms in total. The Morgan fingerprint density at radius 3 is 2.58 bits per heavy atom. The Morgan fingerprint density at radius 1 is 1.10 bits per heavy atom. The van der Waals surface area contributed by atoms with E-state index in [2.05, 4.69) is 22.4 Å². The number of hydrogen-bond acceptors (Lipinski definition) is 6. The van der Waals surface area contributed by atoms with Crippen LogP contribution in [0.25, 0.3) is 11.2 Å². The predicted molar refractivity (Wildman–Crippen MR) is 153 cm³/mol. The molecule has 1 unspecified atom stereocenters. The second-order valence-electron chi connectivity index (χ2n) is 10.5. The fourth-order valence-corrected chi connectivity index (χ4v) is 6.55. The molecule has 0 spiro atoms. The quantitative estimate of drug-likeness (QED) is 0.249. The molecule has 10 heteroatoms. The number of carbonyl (C=O) groups is 1. The van der Waals surface area contributed by atoms with Crippen LogP contribution in [0.1, 0.15) is 51.3 Å². The summed E-state index contributed by atoms with van der Waals surface area (Å²) in [5, 5.41) is 33.3. The lowest BCUT2D eigenvalue weighted by Crippen LogP contribution is -2.36. The summed E-state index contributed by atoms with van der Waals surface area (Å²) in [6, 6.07) is 15.1. The zero-order chi connectivity index (χ0) is 28.0. The standard InChI is InChI=1S/C30H27Cl2N5O3/c1-18-11-26(39)29-22-14-30(19-5-3-2-4-6-19,9-7-25(22)34-37(29)16-18)15-27(40)28-23(31)12-21(13-24(28)32)36-17-20(8-10-38)33-35-36/h2-6,11-13,16-17,38-39H,7-10,14-15H2,1H3. The normalized spacial score (nSPS) is 16.8. The molecule has 1 aliphatic carbocycles. The van der Waals surface area contributed by atoms with Gasteiger partial charge in [-0.2, -0.15) is 5.10 Å². The van der Waals surface area contributed by atoms with Gasteiger partial charge < -0.3 is 10.2 Å². The van der Waals surface area contributed by atoms with Crippen LogP contribution >= 0.6 is 23.2 Å². The van der Waals surface area contributed by atoms with Crippen molar-refractivity contribution < 1.29 is 15.0 Å². The molecule has 0 bridgehead atoms. The van der Waals surface area contributed by atoms with E-state index in [0.717, 1.165) is 22.4 Å². The molecule has 204 valence electrons. The number of aryl methyl sites for hydroxylation is 2. The van der Waals surface area contributed by atoms with Crippen LogP contribution in [0.3, 0.4) is 0 Å². The average molecular weight is 576 g/mol. The molecule has 0 fully saturated rings. The molecule has 0 saturated heterocycles. The Bertz CT molecular complexity index is 1720. The van der Waals surface area contributed by atoms with Gasteiger partial charge in [-0.15, -0.1) is 5.10 Å². The maximum Gasteiger partial charge on any atom is 0.166 e. The highest BCUT2D eigenvalue weighted by Crippen LogP contribution is 2.45. The van der Waals surface area contributed by atoms with Crippen molar-refractivity contribution in [3.8, 4) is 11.4 Å². The van der Waals surface area contributed by atoms with Crippen molar-refractivity contribution >= 4 is 34.5 Å². The summed E-state index contributed by atoms with van der Waals surface area (Å²) >= 11 is 13.4. The maximum atomic E-state index is 14.0. The van der Waals surface area contributed by atoms with Crippen molar-refractivity contribution in [1.82, 2.24) is 24.6 Å². The van der Waals surface area contributed by atoms with Crippen molar-refractivity contribution in [2.45, 2.75) is 44.4 Å². The highest BCUT2D eigenvalue weighted by Gasteiger charge is 2.41. The van der Waals surface area contributed by atoms with Crippen LogP contribution in [-0.2, 0) is 24.7 Å². The second-order valence-corrected chi connectivity index (χ2v) is 11.3. The molecule has 0 saturated carbocycles. The van der Waals surface area contributed by atoms with Gasteiger partial charge in [0, 0.05) is 36.6 Å². The van der Waals surface area contributed by atoms with Crippen molar-refractivity contribution in [3.05, 3.63) is 105 Å². The molecule has 6 rings (SSSR count). The Kier molecular flexibility index (Phi) is 6.86. The molecular formula is C30H27Cl2N5O3. The summed E-state index contributed by atoms with van der Waals surface area (Å²) in [7, 11) is 0. The fraction of sp³-hybridized carbons (Fsp3) is 0.267. The van der Waals surface area contributed by atoms with E-state index in [4.69, 9.17) is 33.4 Å². The third kappa shape index (κ3) is 4.66. The minimum atomic E-state index is -0.539. The van der Waals surface area contributed by atoms with Gasteiger partial charge >= 0.3 is 0 Å². The van der Waals surface area contributed by atoms with E-state index in [-0.39, 0.29) is 40.2 Å². The smallest absolute Gasteiger partial charge is 0.166 e. The van der Waals surface area contributed by atoms with Crippen LogP contribution in [0.4, 0.5) is 0 Å². The highest BCUT2D eigenvalue weighted by atomic mass is 35.5. The largest absolute Gasteiger partial charge is 0.506 e. The van der Waals surface area contributed by atoms with Crippen molar-refractivity contribution in [3.63, 3.8) is 0 Å². The van der Waals surface area contributed by atoms with E-state index < -0.39 is 5.41 Å². The number of rotatable bonds is 7. The van der Waals surface area contributed by atoms with E-state index in [1.54, 1.807) is 28.9 Å². The molecule has 2 aromatic carbocycles. The van der Waals surface area contributed by atoms with Gasteiger partial charge in [0.1, 0.15) is 11.3 Å². The number of aromatic hydroxyl groups is 1. The summed E-state index contributed by atoms with van der Waals surface area (Å²) in [6.07, 6.45) is 6.08. The number of carbonyl (C=O) groups excluding carboxylic acids is 1. The van der Waals surface area contributed by atoms with Crippen molar-refractivity contribution in [1.29, 1.82) is 0 Å². The molecule has 3 heterocycles. The Balaban J connectivity index is 1.38. The van der Waals surface area contributed by atoms with E-state index in [9.17, 15) is 9.90 Å². The number of hydrogen-bond donors (Lipinski definition) is 2. The number of aromatic nitrogens is 5. The van der Waals surface area contributed by atoms with Crippen molar-refractivity contribution in [2.75, 3.05) is 6.61 Å². The van der Waals surface area contributed by atoms with Gasteiger partial charge in [-0.25, -0.2) is 9.20 Å². The second kappa shape index (κ2) is 10.4. The predicted octanol–water partition coefficient (Wildman–Crippen LogP) is 5.47. The lowest BCUT2D eigenvalue weighted by atomic mass is 9.65. The lowest BCUT2D eigenvalue weighted by Gasteiger charge is -2.37. The van der Waals surface area contributed by atoms with Gasteiger partial charge in [-0.3, -0.25) is 4.79 Å². The first-order valence-electron chi connectivity index (χ1n) is 13.1. The molecule has 1 aliphatic rings. The molecule has 40 heavy (non-hydrogen) atoms. The minimum absolute atomic E-state index is 0.0349. The third-order valence-electron chi connectivity index (χ3n) is 7.74. The summed E-state index contributed by atoms with van der Waals surface area (Å²) in [6.45, 7) is 1.88. The zero-order valence-corrected chi connectivity index (χ0v) is 23.3. The molecule has 1 atom stereocenters. The van der Waals surface area contributed by atoms with Gasteiger partial charge in [0.15, 0.2) is 5.78 Å². The number of aliphatic hydroxyl groups excluding tert-OH is 1. The number of pyridine rings is 1. The van der Waals surface area contributed by atoms with Crippen LogP contribution in [0.5, 0.6) is 5.75 Å². The summed E-state index contributed by atoms with van der Waals surface area (Å²) in [4.78, 5) is 14.0. The summed E-state index contributed by atoms with van der Waals surface area (Å²) < 4.78 is 3.27. The highest BCUT2D eigenvalue weighted by molar-refractivity contribution is 6.40. The number of fused-ring (bicyclic) bond motifs is 3. The third-order valence-corrected chi connectivity index (χ3v) is 8.34. The zero-order valence-electron chi connectivity index (χ0n) is 21.8. The number of ketones is 1. The number of aliphatic hydroxyl groups is 1. The molecule has 0 amide bonds. The molecule has 0 aliphatic heterocycles. The van der Waals surface area contributed by atoms with Crippen LogP contribution in [0.2, 0.25) is 10.0 Å². The monoisotopic (exact) mass is 575 g/mol. The first-order valence-corrected chi connectivity index (χ1v) is 13.8. The fourth-order valence-electron chi connectivity index (χ4n) is 5.86. The average Bonchev–Trinajstić information content (AvgIpc) is 3.53. The van der Waals surface area contributed by atoms with Crippen LogP contribution in [0.15, 0.2) is 60.9 Å². The van der Waals surface area contributed by atoms with Gasteiger partial charge in [-0.05, 0) is 55.5 Å². The molecule has 2 N–H and O–H groups in total. The maximum absolute atomic E-state index is 14.0. The first-order chi connectivity index (χ1) is 19.3. The number of Topliss-reactive ketones (excluding diaryl/α,β-unsaturated/α-hetero) is 1. The molecule has 3 aromatic heterocycles. The summed E-state index contributed by atoms with van der Waals surface area (Å²) in [5.41, 5.74) is 5.46. The number of benzene rings is 2. The number of nitrogens with zero attached hydrogens (tertiary/aromatic N) is 5. The number of halogens is 2. The molecule has 5 aromatic rings. The van der Waals surface area contributed by atoms with E-state index >= 15 is 0 Å². The van der Waals surface area contributed by atoms with Gasteiger partial charge in [0.05, 0.1) is 38.9 Å². The van der Waals surface area contributed by atoms with Crippen LogP contribution in [-0.4, -0.2) is 47.2 Å². The van der Waals surface area contributed by atoms with Crippen LogP contribution in [0, 0.1) is 6.92 Å². The Labute approximate surface area is 240 Å². The van der Waals surface area contributed by atoms with E-state index in [1.165, 1.54) is 4.68 Å². The van der Waals surface area contributed by atoms with Crippen LogP contribution < -0.4 is 0 Å². The molecular weight excluding hydrogens is 549 g/mol. The van der Waals surface area contributed by atoms with Crippen molar-refractivity contribution in [2.24, 2.45) is 0 Å². The Hall–Kier alpha value is -3.72. The minimum Gasteiger partial charge on any atom is -0.506 e. The Morgan fingerprint density at radius 2 is 1.85 bits per heavy atom. The van der Waals surface area contributed by atoms with E-state index in [0.29, 0.717) is 42.6 Å². The first kappa shape index (κ1) is 26.5.